The summed E-state index contributed by atoms with van der Waals surface area (Å²) >= 11 is 0. The van der Waals surface area contributed by atoms with Crippen LogP contribution in [0.5, 0.6) is 0 Å². The Kier molecular flexibility index (Phi) is 6.79. The van der Waals surface area contributed by atoms with E-state index >= 15 is 0 Å². The number of hydrogen-bond donors (Lipinski definition) is 0. The fourth-order valence-electron chi connectivity index (χ4n) is 3.89. The van der Waals surface area contributed by atoms with Gasteiger partial charge in [0.1, 0.15) is 17.4 Å². The minimum absolute atomic E-state index is 0.164. The third-order valence-electron chi connectivity index (χ3n) is 5.64. The second-order valence-electron chi connectivity index (χ2n) is 8.09. The molecule has 4 aromatic rings. The van der Waals surface area contributed by atoms with Crippen LogP contribution in [0.1, 0.15) is 42.9 Å². The Hall–Kier alpha value is -4.31. The number of amides is 1. The third-order valence-corrected chi connectivity index (χ3v) is 5.64. The summed E-state index contributed by atoms with van der Waals surface area (Å²) in [6, 6.07) is 16.7. The molecule has 3 aromatic heterocycles. The summed E-state index contributed by atoms with van der Waals surface area (Å²) in [5.41, 5.74) is 2.81. The Morgan fingerprint density at radius 1 is 1.15 bits per heavy atom. The fraction of sp³-hybridized carbons (Fsp3) is 0.222. The summed E-state index contributed by atoms with van der Waals surface area (Å²) in [6.07, 6.45) is 7.49. The first-order valence-electron chi connectivity index (χ1n) is 11.3. The van der Waals surface area contributed by atoms with E-state index < -0.39 is 5.91 Å². The molecule has 0 aliphatic carbocycles. The molecule has 0 saturated heterocycles. The van der Waals surface area contributed by atoms with Gasteiger partial charge >= 0.3 is 0 Å². The zero-order chi connectivity index (χ0) is 24.1. The van der Waals surface area contributed by atoms with Gasteiger partial charge in [0.25, 0.3) is 11.5 Å². The average Bonchev–Trinajstić information content (AvgIpc) is 2.85. The van der Waals surface area contributed by atoms with Crippen molar-refractivity contribution in [2.45, 2.75) is 39.7 Å². The zero-order valence-corrected chi connectivity index (χ0v) is 19.2. The fourth-order valence-corrected chi connectivity index (χ4v) is 3.89. The van der Waals surface area contributed by atoms with Gasteiger partial charge in [0, 0.05) is 18.8 Å². The van der Waals surface area contributed by atoms with E-state index in [2.05, 4.69) is 18.0 Å². The van der Waals surface area contributed by atoms with Crippen LogP contribution >= 0.6 is 0 Å². The number of pyridine rings is 2. The Bertz CT molecular complexity index is 1570. The maximum Gasteiger partial charge on any atom is 0.271 e. The van der Waals surface area contributed by atoms with Gasteiger partial charge in [-0.25, -0.2) is 4.98 Å². The van der Waals surface area contributed by atoms with E-state index in [0.29, 0.717) is 23.2 Å². The number of rotatable bonds is 6. The summed E-state index contributed by atoms with van der Waals surface area (Å²) in [5, 5.41) is 10.2. The van der Waals surface area contributed by atoms with Gasteiger partial charge < -0.3 is 4.57 Å². The molecule has 4 rings (SSSR count). The van der Waals surface area contributed by atoms with Crippen molar-refractivity contribution in [3.8, 4) is 6.07 Å². The van der Waals surface area contributed by atoms with Crippen LogP contribution in [0, 0.1) is 18.3 Å². The second-order valence-corrected chi connectivity index (χ2v) is 8.09. The minimum atomic E-state index is -0.488. The van der Waals surface area contributed by atoms with E-state index in [-0.39, 0.29) is 16.6 Å². The number of benzene rings is 1. The first kappa shape index (κ1) is 22.9. The molecule has 7 nitrogen and oxygen atoms in total. The molecule has 0 fully saturated rings. The molecule has 34 heavy (non-hydrogen) atoms. The van der Waals surface area contributed by atoms with Gasteiger partial charge in [0.05, 0.1) is 10.9 Å². The highest BCUT2D eigenvalue weighted by atomic mass is 16.1. The molecular weight excluding hydrogens is 426 g/mol. The van der Waals surface area contributed by atoms with Crippen molar-refractivity contribution >= 4 is 28.7 Å². The molecule has 170 valence electrons. The monoisotopic (exact) mass is 451 g/mol. The summed E-state index contributed by atoms with van der Waals surface area (Å²) in [6.45, 7) is 4.48. The van der Waals surface area contributed by atoms with Gasteiger partial charge in [-0.2, -0.15) is 10.3 Å². The summed E-state index contributed by atoms with van der Waals surface area (Å²) in [5.74, 6) is -0.488. The van der Waals surface area contributed by atoms with Crippen LogP contribution in [-0.4, -0.2) is 19.9 Å². The molecule has 0 saturated carbocycles. The van der Waals surface area contributed by atoms with Crippen LogP contribution in [0.15, 0.2) is 70.6 Å². The van der Waals surface area contributed by atoms with Crippen molar-refractivity contribution in [2.75, 3.05) is 0 Å². The number of carbonyl (C=O) groups is 1. The van der Waals surface area contributed by atoms with Crippen molar-refractivity contribution in [3.63, 3.8) is 0 Å². The molecule has 1 aromatic carbocycles. The smallest absolute Gasteiger partial charge is 0.271 e. The number of nitrogens with zero attached hydrogens (tertiary/aromatic N) is 5. The molecule has 0 radical (unpaired) electrons. The van der Waals surface area contributed by atoms with Crippen molar-refractivity contribution in [2.24, 2.45) is 4.99 Å². The molecular formula is C27H25N5O2. The number of hydrogen-bond acceptors (Lipinski definition) is 4. The molecule has 0 aliphatic heterocycles. The predicted octanol–water partition coefficient (Wildman–Crippen LogP) is 4.16. The van der Waals surface area contributed by atoms with Crippen LogP contribution in [0.25, 0.3) is 22.8 Å². The first-order valence-corrected chi connectivity index (χ1v) is 11.3. The quantitative estimate of drug-likeness (QED) is 0.250. The van der Waals surface area contributed by atoms with E-state index in [1.54, 1.807) is 22.9 Å². The lowest BCUT2D eigenvalue weighted by Crippen LogP contribution is -2.29. The zero-order valence-electron chi connectivity index (χ0n) is 19.2. The number of aromatic nitrogens is 3. The van der Waals surface area contributed by atoms with Crippen molar-refractivity contribution in [3.05, 3.63) is 93.3 Å². The molecule has 0 N–H and O–H groups in total. The molecule has 1 amide bonds. The van der Waals surface area contributed by atoms with Crippen molar-refractivity contribution in [1.82, 2.24) is 14.0 Å². The first-order chi connectivity index (χ1) is 16.5. The van der Waals surface area contributed by atoms with Crippen LogP contribution < -0.4 is 11.0 Å². The Balaban J connectivity index is 1.97. The maximum atomic E-state index is 13.3. The molecule has 3 heterocycles. The van der Waals surface area contributed by atoms with Gasteiger partial charge in [-0.15, -0.1) is 0 Å². The summed E-state index contributed by atoms with van der Waals surface area (Å²) in [4.78, 5) is 35.1. The van der Waals surface area contributed by atoms with Crippen LogP contribution in [-0.2, 0) is 11.3 Å². The van der Waals surface area contributed by atoms with Crippen LogP contribution in [0.4, 0.5) is 0 Å². The molecule has 0 bridgehead atoms. The number of carbonyl (C=O) groups excluding carboxylic acids is 1. The van der Waals surface area contributed by atoms with Gasteiger partial charge in [-0.3, -0.25) is 14.0 Å². The van der Waals surface area contributed by atoms with Gasteiger partial charge in [-0.1, -0.05) is 56.2 Å². The minimum Gasteiger partial charge on any atom is -0.309 e. The topological polar surface area (TPSA) is 92.5 Å². The molecule has 7 heteroatoms. The SMILES string of the molecule is CCCCCn1c(=NC(=O)C=Cc2ccccc2)c(C#N)cc2c(=O)n3cccc(C)c3nc21. The number of nitriles is 1. The van der Waals surface area contributed by atoms with Crippen LogP contribution in [0.2, 0.25) is 0 Å². The van der Waals surface area contributed by atoms with E-state index in [0.717, 1.165) is 30.4 Å². The van der Waals surface area contributed by atoms with Gasteiger partial charge in [-0.05, 0) is 42.7 Å². The molecule has 0 spiro atoms. The number of unbranched alkanes of at least 4 members (excludes halogenated alkanes) is 2. The van der Waals surface area contributed by atoms with Crippen molar-refractivity contribution < 1.29 is 4.79 Å². The molecule has 0 unspecified atom stereocenters. The standard InChI is InChI=1S/C27H25N5O2/c1-3-4-8-15-31-25(29-23(33)14-13-20-11-6-5-7-12-20)21(18-28)17-22-26(31)30-24-19(2)10-9-16-32(24)27(22)34/h5-7,9-14,16-17H,3-4,8,15H2,1-2H3. The predicted molar refractivity (Wildman–Crippen MR) is 132 cm³/mol. The van der Waals surface area contributed by atoms with E-state index in [4.69, 9.17) is 4.98 Å². The average molecular weight is 452 g/mol. The second kappa shape index (κ2) is 10.1. The van der Waals surface area contributed by atoms with Crippen molar-refractivity contribution in [1.29, 1.82) is 5.26 Å². The van der Waals surface area contributed by atoms with E-state index in [1.165, 1.54) is 16.5 Å². The molecule has 0 aliphatic rings. The summed E-state index contributed by atoms with van der Waals surface area (Å²) in [7, 11) is 0. The lowest BCUT2D eigenvalue weighted by atomic mass is 10.2. The number of aryl methyl sites for hydroxylation is 2. The highest BCUT2D eigenvalue weighted by Gasteiger charge is 2.15. The number of fused-ring (bicyclic) bond motifs is 2. The Morgan fingerprint density at radius 2 is 1.94 bits per heavy atom. The highest BCUT2D eigenvalue weighted by molar-refractivity contribution is 5.92. The Morgan fingerprint density at radius 3 is 2.68 bits per heavy atom. The van der Waals surface area contributed by atoms with Gasteiger partial charge in [0.15, 0.2) is 5.49 Å². The lowest BCUT2D eigenvalue weighted by Gasteiger charge is -2.14. The third kappa shape index (κ3) is 4.57. The highest BCUT2D eigenvalue weighted by Crippen LogP contribution is 2.13. The lowest BCUT2D eigenvalue weighted by molar-refractivity contribution is -0.113. The largest absolute Gasteiger partial charge is 0.309 e. The van der Waals surface area contributed by atoms with Gasteiger partial charge in [0.2, 0.25) is 0 Å². The van der Waals surface area contributed by atoms with E-state index in [1.807, 2.05) is 43.3 Å². The normalized spacial score (nSPS) is 12.0. The van der Waals surface area contributed by atoms with Crippen LogP contribution in [0.3, 0.4) is 0 Å². The molecule has 0 atom stereocenters. The maximum absolute atomic E-state index is 13.3. The Labute approximate surface area is 197 Å². The van der Waals surface area contributed by atoms with E-state index in [9.17, 15) is 14.9 Å². The summed E-state index contributed by atoms with van der Waals surface area (Å²) < 4.78 is 3.23.